The summed E-state index contributed by atoms with van der Waals surface area (Å²) in [5.41, 5.74) is 0.884. The van der Waals surface area contributed by atoms with E-state index < -0.39 is 10.0 Å². The maximum atomic E-state index is 12.6. The van der Waals surface area contributed by atoms with Gasteiger partial charge in [0, 0.05) is 40.6 Å². The molecule has 1 aromatic carbocycles. The van der Waals surface area contributed by atoms with Crippen molar-refractivity contribution >= 4 is 50.5 Å². The molecule has 0 saturated carbocycles. The first-order chi connectivity index (χ1) is 12.7. The monoisotopic (exact) mass is 447 g/mol. The molecule has 1 fully saturated rings. The van der Waals surface area contributed by atoms with E-state index in [4.69, 9.17) is 23.2 Å². The summed E-state index contributed by atoms with van der Waals surface area (Å²) in [6.07, 6.45) is 4.03. The molecule has 1 aliphatic rings. The van der Waals surface area contributed by atoms with E-state index in [0.717, 1.165) is 5.56 Å². The number of hydrogen-bond acceptors (Lipinski definition) is 4. The van der Waals surface area contributed by atoms with Crippen LogP contribution in [0.25, 0.3) is 0 Å². The quantitative estimate of drug-likeness (QED) is 0.722. The molecule has 2 aromatic rings. The Morgan fingerprint density at radius 1 is 1.30 bits per heavy atom. The number of piperidine rings is 1. The molecule has 10 heteroatoms. The topological polar surface area (TPSA) is 71.7 Å². The summed E-state index contributed by atoms with van der Waals surface area (Å²) in [6, 6.07) is 5.30. The van der Waals surface area contributed by atoms with Gasteiger partial charge in [0.2, 0.25) is 10.0 Å². The fourth-order valence-corrected chi connectivity index (χ4v) is 5.04. The Hall–Kier alpha value is -1.19. The van der Waals surface area contributed by atoms with Crippen molar-refractivity contribution in [3.63, 3.8) is 0 Å². The summed E-state index contributed by atoms with van der Waals surface area (Å²) in [6.45, 7) is 1.20. The minimum atomic E-state index is -3.21. The lowest BCUT2D eigenvalue weighted by molar-refractivity contribution is -0.122. The predicted octanol–water partition coefficient (Wildman–Crippen LogP) is 3.00. The fraction of sp³-hybridized carbons (Fsp3) is 0.412. The number of aromatic nitrogens is 1. The SMILES string of the molecule is CS(=O)(=O)N1CCC(C(=O)N=c2sccn2Cc2ccc(Cl)cc2Cl)CC1. The molecule has 0 spiro atoms. The van der Waals surface area contributed by atoms with Gasteiger partial charge < -0.3 is 4.57 Å². The van der Waals surface area contributed by atoms with Crippen molar-refractivity contribution in [3.05, 3.63) is 50.2 Å². The second-order valence-corrected chi connectivity index (χ2v) is 10.1. The highest BCUT2D eigenvalue weighted by Crippen LogP contribution is 2.22. The third kappa shape index (κ3) is 5.20. The summed E-state index contributed by atoms with van der Waals surface area (Å²) in [5.74, 6) is -0.459. The van der Waals surface area contributed by atoms with Gasteiger partial charge in [-0.15, -0.1) is 11.3 Å². The van der Waals surface area contributed by atoms with E-state index in [1.54, 1.807) is 12.1 Å². The molecule has 0 unspecified atom stereocenters. The maximum Gasteiger partial charge on any atom is 0.251 e. The van der Waals surface area contributed by atoms with E-state index in [9.17, 15) is 13.2 Å². The lowest BCUT2D eigenvalue weighted by Gasteiger charge is -2.28. The number of hydrogen-bond donors (Lipinski definition) is 0. The average Bonchev–Trinajstić information content (AvgIpc) is 3.03. The molecular formula is C17H19Cl2N3O3S2. The first kappa shape index (κ1) is 20.5. The van der Waals surface area contributed by atoms with Gasteiger partial charge in [-0.2, -0.15) is 4.99 Å². The highest BCUT2D eigenvalue weighted by molar-refractivity contribution is 7.88. The van der Waals surface area contributed by atoms with Crippen LogP contribution in [0.3, 0.4) is 0 Å². The van der Waals surface area contributed by atoms with Gasteiger partial charge in [-0.3, -0.25) is 4.79 Å². The highest BCUT2D eigenvalue weighted by atomic mass is 35.5. The first-order valence-corrected chi connectivity index (χ1v) is 11.8. The number of nitrogens with zero attached hydrogens (tertiary/aromatic N) is 3. The number of amides is 1. The zero-order valence-corrected chi connectivity index (χ0v) is 17.8. The largest absolute Gasteiger partial charge is 0.319 e. The van der Waals surface area contributed by atoms with Crippen LogP contribution in [0, 0.1) is 5.92 Å². The Morgan fingerprint density at radius 3 is 2.63 bits per heavy atom. The molecule has 1 aliphatic heterocycles. The van der Waals surface area contributed by atoms with Crippen LogP contribution in [0.2, 0.25) is 10.0 Å². The van der Waals surface area contributed by atoms with Crippen molar-refractivity contribution in [1.29, 1.82) is 0 Å². The molecule has 1 aromatic heterocycles. The van der Waals surface area contributed by atoms with Crippen LogP contribution in [-0.4, -0.2) is 42.5 Å². The number of carbonyl (C=O) groups excluding carboxylic acids is 1. The Kier molecular flexibility index (Phi) is 6.43. The molecule has 3 rings (SSSR count). The normalized spacial score (nSPS) is 17.4. The molecular weight excluding hydrogens is 429 g/mol. The van der Waals surface area contributed by atoms with Gasteiger partial charge >= 0.3 is 0 Å². The predicted molar refractivity (Wildman–Crippen MR) is 108 cm³/mol. The Balaban J connectivity index is 1.73. The minimum absolute atomic E-state index is 0.207. The second kappa shape index (κ2) is 8.45. The van der Waals surface area contributed by atoms with Gasteiger partial charge in [0.05, 0.1) is 12.8 Å². The van der Waals surface area contributed by atoms with Crippen LogP contribution >= 0.6 is 34.5 Å². The van der Waals surface area contributed by atoms with Crippen molar-refractivity contribution in [2.45, 2.75) is 19.4 Å². The van der Waals surface area contributed by atoms with Gasteiger partial charge in [-0.25, -0.2) is 12.7 Å². The third-order valence-electron chi connectivity index (χ3n) is 4.49. The van der Waals surface area contributed by atoms with Crippen LogP contribution in [0.1, 0.15) is 18.4 Å². The van der Waals surface area contributed by atoms with Crippen molar-refractivity contribution in [3.8, 4) is 0 Å². The van der Waals surface area contributed by atoms with Crippen molar-refractivity contribution in [1.82, 2.24) is 8.87 Å². The van der Waals surface area contributed by atoms with E-state index in [2.05, 4.69) is 4.99 Å². The first-order valence-electron chi connectivity index (χ1n) is 8.35. The van der Waals surface area contributed by atoms with Crippen LogP contribution in [0.5, 0.6) is 0 Å². The molecule has 0 radical (unpaired) electrons. The van der Waals surface area contributed by atoms with Crippen molar-refractivity contribution in [2.75, 3.05) is 19.3 Å². The van der Waals surface area contributed by atoms with Gasteiger partial charge in [-0.1, -0.05) is 29.3 Å². The molecule has 146 valence electrons. The number of benzene rings is 1. The average molecular weight is 448 g/mol. The van der Waals surface area contributed by atoms with Crippen LogP contribution in [-0.2, 0) is 21.4 Å². The molecule has 0 N–H and O–H groups in total. The summed E-state index contributed by atoms with van der Waals surface area (Å²) in [5, 5.41) is 2.99. The zero-order chi connectivity index (χ0) is 19.6. The van der Waals surface area contributed by atoms with E-state index >= 15 is 0 Å². The maximum absolute atomic E-state index is 12.6. The number of sulfonamides is 1. The third-order valence-corrected chi connectivity index (χ3v) is 7.18. The summed E-state index contributed by atoms with van der Waals surface area (Å²) in [7, 11) is -3.21. The summed E-state index contributed by atoms with van der Waals surface area (Å²) in [4.78, 5) is 17.4. The second-order valence-electron chi connectivity index (χ2n) is 6.44. The van der Waals surface area contributed by atoms with Crippen molar-refractivity contribution < 1.29 is 13.2 Å². The molecule has 6 nitrogen and oxygen atoms in total. The Bertz CT molecular complexity index is 1010. The van der Waals surface area contributed by atoms with E-state index in [1.807, 2.05) is 22.2 Å². The molecule has 0 atom stereocenters. The van der Waals surface area contributed by atoms with Gasteiger partial charge in [-0.05, 0) is 30.5 Å². The molecule has 0 aliphatic carbocycles. The number of rotatable bonds is 4. The van der Waals surface area contributed by atoms with Crippen LogP contribution in [0.4, 0.5) is 0 Å². The van der Waals surface area contributed by atoms with E-state index in [0.29, 0.717) is 47.3 Å². The lowest BCUT2D eigenvalue weighted by Crippen LogP contribution is -2.39. The molecule has 1 saturated heterocycles. The minimum Gasteiger partial charge on any atom is -0.319 e. The standard InChI is InChI=1S/C17H19Cl2N3O3S2/c1-27(24,25)22-6-4-12(5-7-22)16(23)20-17-21(8-9-26-17)11-13-2-3-14(18)10-15(13)19/h2-3,8-10,12H,4-7,11H2,1H3. The molecule has 27 heavy (non-hydrogen) atoms. The van der Waals surface area contributed by atoms with E-state index in [-0.39, 0.29) is 11.8 Å². The zero-order valence-electron chi connectivity index (χ0n) is 14.6. The highest BCUT2D eigenvalue weighted by Gasteiger charge is 2.28. The molecule has 2 heterocycles. The summed E-state index contributed by atoms with van der Waals surface area (Å²) < 4.78 is 26.4. The number of thiazole rings is 1. The van der Waals surface area contributed by atoms with Crippen LogP contribution in [0.15, 0.2) is 34.8 Å². The number of carbonyl (C=O) groups is 1. The summed E-state index contributed by atoms with van der Waals surface area (Å²) >= 11 is 13.5. The Labute approximate surface area is 172 Å². The molecule has 0 bridgehead atoms. The lowest BCUT2D eigenvalue weighted by atomic mass is 9.98. The Morgan fingerprint density at radius 2 is 2.00 bits per heavy atom. The molecule has 1 amide bonds. The van der Waals surface area contributed by atoms with E-state index in [1.165, 1.54) is 21.9 Å². The van der Waals surface area contributed by atoms with Crippen LogP contribution < -0.4 is 4.80 Å². The van der Waals surface area contributed by atoms with Gasteiger partial charge in [0.1, 0.15) is 0 Å². The smallest absolute Gasteiger partial charge is 0.251 e. The fourth-order valence-electron chi connectivity index (χ4n) is 2.96. The van der Waals surface area contributed by atoms with Gasteiger partial charge in [0.15, 0.2) is 4.80 Å². The van der Waals surface area contributed by atoms with Gasteiger partial charge in [0.25, 0.3) is 5.91 Å². The number of halogens is 2. The van der Waals surface area contributed by atoms with Crippen molar-refractivity contribution in [2.24, 2.45) is 10.9 Å².